The first kappa shape index (κ1) is 31.6. The molecular formula is C52H35NO. The number of nitrogens with zero attached hydrogens (tertiary/aromatic N) is 1. The molecule has 2 heteroatoms. The lowest BCUT2D eigenvalue weighted by Crippen LogP contribution is -2.10. The topological polar surface area (TPSA) is 16.4 Å². The van der Waals surface area contributed by atoms with E-state index < -0.39 is 0 Å². The molecule has 10 aromatic rings. The van der Waals surface area contributed by atoms with Crippen LogP contribution in [0.25, 0.3) is 77.2 Å². The first-order valence-electron chi connectivity index (χ1n) is 18.4. The molecule has 9 aromatic carbocycles. The standard InChI is InChI=1S/C52H35NO/c1-3-14-36(15-4-1)42-31-43(37-16-5-2-6-17-37)34-46(33-42)53(45-28-29-52-50(35-45)49-25-9-10-27-51(49)54-52)44-23-12-21-40(32-44)39-20-11-22-41(30-39)48-26-13-19-38-18-7-8-24-47(38)48/h1-35H. The number of hydrogen-bond donors (Lipinski definition) is 0. The minimum atomic E-state index is 0.877. The Morgan fingerprint density at radius 2 is 0.796 bits per heavy atom. The highest BCUT2D eigenvalue weighted by Crippen LogP contribution is 2.43. The van der Waals surface area contributed by atoms with Gasteiger partial charge in [0.05, 0.1) is 0 Å². The van der Waals surface area contributed by atoms with Crippen molar-refractivity contribution in [2.24, 2.45) is 0 Å². The molecule has 2 nitrogen and oxygen atoms in total. The van der Waals surface area contributed by atoms with Crippen LogP contribution in [0.1, 0.15) is 0 Å². The van der Waals surface area contributed by atoms with Crippen molar-refractivity contribution in [1.29, 1.82) is 0 Å². The molecule has 0 radical (unpaired) electrons. The van der Waals surface area contributed by atoms with E-state index in [1.807, 2.05) is 12.1 Å². The molecule has 54 heavy (non-hydrogen) atoms. The van der Waals surface area contributed by atoms with E-state index in [1.165, 1.54) is 38.6 Å². The Bertz CT molecular complexity index is 2880. The highest BCUT2D eigenvalue weighted by molar-refractivity contribution is 6.06. The van der Waals surface area contributed by atoms with Gasteiger partial charge in [0.15, 0.2) is 0 Å². The van der Waals surface area contributed by atoms with Crippen molar-refractivity contribution in [3.8, 4) is 44.5 Å². The van der Waals surface area contributed by atoms with Crippen LogP contribution in [0.4, 0.5) is 17.1 Å². The maximum Gasteiger partial charge on any atom is 0.135 e. The molecule has 0 fully saturated rings. The quantitative estimate of drug-likeness (QED) is 0.166. The number of furan rings is 1. The molecule has 254 valence electrons. The van der Waals surface area contributed by atoms with Crippen LogP contribution in [-0.4, -0.2) is 0 Å². The Hall–Kier alpha value is -7.16. The van der Waals surface area contributed by atoms with Gasteiger partial charge in [0.2, 0.25) is 0 Å². The van der Waals surface area contributed by atoms with Crippen LogP contribution >= 0.6 is 0 Å². The summed E-state index contributed by atoms with van der Waals surface area (Å²) >= 11 is 0. The van der Waals surface area contributed by atoms with Crippen molar-refractivity contribution < 1.29 is 4.42 Å². The second-order valence-corrected chi connectivity index (χ2v) is 13.8. The number of anilines is 3. The molecule has 1 aromatic heterocycles. The number of benzene rings is 9. The molecule has 0 bridgehead atoms. The first-order chi connectivity index (χ1) is 26.7. The van der Waals surface area contributed by atoms with E-state index in [0.717, 1.165) is 55.7 Å². The van der Waals surface area contributed by atoms with Crippen molar-refractivity contribution in [3.05, 3.63) is 212 Å². The highest BCUT2D eigenvalue weighted by Gasteiger charge is 2.19. The molecule has 0 saturated heterocycles. The fourth-order valence-corrected chi connectivity index (χ4v) is 7.80. The smallest absolute Gasteiger partial charge is 0.135 e. The fourth-order valence-electron chi connectivity index (χ4n) is 7.80. The predicted molar refractivity (Wildman–Crippen MR) is 228 cm³/mol. The normalized spacial score (nSPS) is 11.3. The minimum absolute atomic E-state index is 0.877. The van der Waals surface area contributed by atoms with E-state index in [9.17, 15) is 0 Å². The summed E-state index contributed by atoms with van der Waals surface area (Å²) in [5.74, 6) is 0. The zero-order valence-corrected chi connectivity index (χ0v) is 29.6. The third-order valence-electron chi connectivity index (χ3n) is 10.4. The Labute approximate surface area is 314 Å². The molecule has 0 atom stereocenters. The molecule has 0 saturated carbocycles. The lowest BCUT2D eigenvalue weighted by atomic mass is 9.95. The molecule has 0 aliphatic rings. The first-order valence-corrected chi connectivity index (χ1v) is 18.4. The summed E-state index contributed by atoms with van der Waals surface area (Å²) in [6, 6.07) is 76.1. The Morgan fingerprint density at radius 1 is 0.278 bits per heavy atom. The van der Waals surface area contributed by atoms with E-state index in [4.69, 9.17) is 4.42 Å². The number of para-hydroxylation sites is 1. The maximum atomic E-state index is 6.29. The molecule has 0 aliphatic heterocycles. The van der Waals surface area contributed by atoms with Crippen molar-refractivity contribution in [1.82, 2.24) is 0 Å². The van der Waals surface area contributed by atoms with Gasteiger partial charge in [-0.05, 0) is 116 Å². The van der Waals surface area contributed by atoms with Gasteiger partial charge in [-0.15, -0.1) is 0 Å². The zero-order chi connectivity index (χ0) is 35.8. The largest absolute Gasteiger partial charge is 0.456 e. The summed E-state index contributed by atoms with van der Waals surface area (Å²) in [4.78, 5) is 2.39. The number of fused-ring (bicyclic) bond motifs is 4. The monoisotopic (exact) mass is 689 g/mol. The third-order valence-corrected chi connectivity index (χ3v) is 10.4. The lowest BCUT2D eigenvalue weighted by Gasteiger charge is -2.27. The van der Waals surface area contributed by atoms with Crippen LogP contribution in [0.15, 0.2) is 217 Å². The van der Waals surface area contributed by atoms with Crippen LogP contribution in [0, 0.1) is 0 Å². The second-order valence-electron chi connectivity index (χ2n) is 13.8. The van der Waals surface area contributed by atoms with Gasteiger partial charge < -0.3 is 9.32 Å². The van der Waals surface area contributed by atoms with Gasteiger partial charge in [0.1, 0.15) is 11.2 Å². The summed E-state index contributed by atoms with van der Waals surface area (Å²) < 4.78 is 6.29. The number of hydrogen-bond acceptors (Lipinski definition) is 2. The van der Waals surface area contributed by atoms with Gasteiger partial charge in [-0.3, -0.25) is 0 Å². The minimum Gasteiger partial charge on any atom is -0.456 e. The van der Waals surface area contributed by atoms with Crippen LogP contribution in [-0.2, 0) is 0 Å². The summed E-state index contributed by atoms with van der Waals surface area (Å²) in [6.45, 7) is 0. The average molecular weight is 690 g/mol. The van der Waals surface area contributed by atoms with E-state index >= 15 is 0 Å². The van der Waals surface area contributed by atoms with E-state index in [2.05, 4.69) is 205 Å². The summed E-state index contributed by atoms with van der Waals surface area (Å²) in [5.41, 5.74) is 14.4. The van der Waals surface area contributed by atoms with Crippen LogP contribution in [0.3, 0.4) is 0 Å². The van der Waals surface area contributed by atoms with Crippen molar-refractivity contribution in [2.45, 2.75) is 0 Å². The molecule has 0 aliphatic carbocycles. The van der Waals surface area contributed by atoms with Crippen molar-refractivity contribution in [3.63, 3.8) is 0 Å². The Morgan fingerprint density at radius 3 is 1.57 bits per heavy atom. The second kappa shape index (κ2) is 13.4. The van der Waals surface area contributed by atoms with Crippen LogP contribution < -0.4 is 4.90 Å². The Kier molecular flexibility index (Phi) is 7.85. The van der Waals surface area contributed by atoms with Gasteiger partial charge in [0.25, 0.3) is 0 Å². The molecule has 0 spiro atoms. The molecule has 0 unspecified atom stereocenters. The highest BCUT2D eigenvalue weighted by atomic mass is 16.3. The maximum absolute atomic E-state index is 6.29. The van der Waals surface area contributed by atoms with Gasteiger partial charge >= 0.3 is 0 Å². The average Bonchev–Trinajstić information content (AvgIpc) is 3.62. The van der Waals surface area contributed by atoms with Crippen molar-refractivity contribution >= 4 is 49.8 Å². The van der Waals surface area contributed by atoms with Gasteiger partial charge in [-0.1, -0.05) is 152 Å². The van der Waals surface area contributed by atoms with Crippen LogP contribution in [0.2, 0.25) is 0 Å². The van der Waals surface area contributed by atoms with E-state index in [1.54, 1.807) is 0 Å². The summed E-state index contributed by atoms with van der Waals surface area (Å²) in [5, 5.41) is 4.70. The third kappa shape index (κ3) is 5.81. The Balaban J connectivity index is 1.17. The lowest BCUT2D eigenvalue weighted by molar-refractivity contribution is 0.669. The molecule has 10 rings (SSSR count). The summed E-state index contributed by atoms with van der Waals surface area (Å²) in [7, 11) is 0. The number of rotatable bonds is 7. The SMILES string of the molecule is c1ccc(-c2cc(-c3ccccc3)cc(N(c3cccc(-c4cccc(-c5cccc6ccccc56)c4)c3)c3ccc4oc5ccccc5c4c3)c2)cc1. The van der Waals surface area contributed by atoms with Crippen LogP contribution in [0.5, 0.6) is 0 Å². The van der Waals surface area contributed by atoms with Crippen molar-refractivity contribution in [2.75, 3.05) is 4.90 Å². The fraction of sp³-hybridized carbons (Fsp3) is 0. The van der Waals surface area contributed by atoms with E-state index in [-0.39, 0.29) is 0 Å². The van der Waals surface area contributed by atoms with E-state index in [0.29, 0.717) is 0 Å². The molecule has 0 N–H and O–H groups in total. The molecule has 1 heterocycles. The van der Waals surface area contributed by atoms with Gasteiger partial charge in [-0.2, -0.15) is 0 Å². The predicted octanol–water partition coefficient (Wildman–Crippen LogP) is 14.9. The zero-order valence-electron chi connectivity index (χ0n) is 29.6. The van der Waals surface area contributed by atoms with Gasteiger partial charge in [0, 0.05) is 27.8 Å². The molecule has 0 amide bonds. The summed E-state index contributed by atoms with van der Waals surface area (Å²) in [6.07, 6.45) is 0. The molecular weight excluding hydrogens is 655 g/mol. The van der Waals surface area contributed by atoms with Gasteiger partial charge in [-0.25, -0.2) is 0 Å².